The van der Waals surface area contributed by atoms with Crippen LogP contribution < -0.4 is 10.5 Å². The van der Waals surface area contributed by atoms with Gasteiger partial charge < -0.3 is 5.32 Å². The number of carbonyl (C=O) groups is 1. The van der Waals surface area contributed by atoms with Crippen molar-refractivity contribution in [2.45, 2.75) is 22.8 Å². The van der Waals surface area contributed by atoms with Crippen molar-refractivity contribution < 1.29 is 21.6 Å². The van der Waals surface area contributed by atoms with Gasteiger partial charge in [0.1, 0.15) is 0 Å². The molecule has 27 heavy (non-hydrogen) atoms. The lowest BCUT2D eigenvalue weighted by atomic mass is 10.1. The Morgan fingerprint density at radius 1 is 1.00 bits per heavy atom. The van der Waals surface area contributed by atoms with Crippen LogP contribution in [0.2, 0.25) is 0 Å². The van der Waals surface area contributed by atoms with Crippen molar-refractivity contribution in [3.63, 3.8) is 0 Å². The monoisotopic (exact) mass is 411 g/mol. The fraction of sp³-hybridized carbons (Fsp3) is 0.235. The fourth-order valence-corrected chi connectivity index (χ4v) is 3.78. The zero-order valence-corrected chi connectivity index (χ0v) is 16.7. The van der Waals surface area contributed by atoms with E-state index in [4.69, 9.17) is 5.14 Å². The van der Waals surface area contributed by atoms with Crippen LogP contribution in [-0.2, 0) is 20.0 Å². The van der Waals surface area contributed by atoms with Gasteiger partial charge in [-0.1, -0.05) is 18.2 Å². The molecule has 3 N–H and O–H groups in total. The highest BCUT2D eigenvalue weighted by Crippen LogP contribution is 2.18. The summed E-state index contributed by atoms with van der Waals surface area (Å²) in [6, 6.07) is 11.1. The predicted molar refractivity (Wildman–Crippen MR) is 101 cm³/mol. The Hall–Kier alpha value is -2.27. The quantitative estimate of drug-likeness (QED) is 0.735. The van der Waals surface area contributed by atoms with Crippen molar-refractivity contribution >= 4 is 26.0 Å². The van der Waals surface area contributed by atoms with Gasteiger partial charge in [0.2, 0.25) is 20.0 Å². The molecule has 1 atom stereocenters. The highest BCUT2D eigenvalue weighted by Gasteiger charge is 2.19. The fourth-order valence-electron chi connectivity index (χ4n) is 2.32. The lowest BCUT2D eigenvalue weighted by Gasteiger charge is -2.16. The topological polar surface area (TPSA) is 127 Å². The second kappa shape index (κ2) is 7.77. The number of hydrogen-bond acceptors (Lipinski definition) is 5. The van der Waals surface area contributed by atoms with Gasteiger partial charge in [-0.25, -0.2) is 26.3 Å². The summed E-state index contributed by atoms with van der Waals surface area (Å²) < 4.78 is 48.1. The van der Waals surface area contributed by atoms with Crippen LogP contribution in [0.25, 0.3) is 0 Å². The third kappa shape index (κ3) is 4.92. The van der Waals surface area contributed by atoms with Gasteiger partial charge in [0.05, 0.1) is 15.8 Å². The van der Waals surface area contributed by atoms with Gasteiger partial charge in [0, 0.05) is 19.7 Å². The van der Waals surface area contributed by atoms with Gasteiger partial charge in [-0.2, -0.15) is 0 Å². The van der Waals surface area contributed by atoms with E-state index >= 15 is 0 Å². The van der Waals surface area contributed by atoms with Crippen LogP contribution in [0.4, 0.5) is 0 Å². The average Bonchev–Trinajstić information content (AvgIpc) is 2.61. The number of benzene rings is 2. The Labute approximate surface area is 159 Å². The van der Waals surface area contributed by atoms with E-state index in [0.717, 1.165) is 4.31 Å². The molecule has 10 heteroatoms. The second-order valence-electron chi connectivity index (χ2n) is 6.12. The van der Waals surface area contributed by atoms with Crippen molar-refractivity contribution in [1.29, 1.82) is 0 Å². The molecule has 8 nitrogen and oxygen atoms in total. The Kier molecular flexibility index (Phi) is 6.05. The van der Waals surface area contributed by atoms with E-state index in [2.05, 4.69) is 5.32 Å². The first-order chi connectivity index (χ1) is 12.4. The third-order valence-electron chi connectivity index (χ3n) is 3.93. The maximum Gasteiger partial charge on any atom is 0.251 e. The molecule has 0 bridgehead atoms. The number of hydrogen-bond donors (Lipinski definition) is 2. The summed E-state index contributed by atoms with van der Waals surface area (Å²) in [4.78, 5) is 12.5. The van der Waals surface area contributed by atoms with Crippen molar-refractivity contribution in [3.8, 4) is 0 Å². The summed E-state index contributed by atoms with van der Waals surface area (Å²) in [6.07, 6.45) is 0. The summed E-state index contributed by atoms with van der Waals surface area (Å²) in [5.41, 5.74) is 0.874. The molecule has 0 aromatic heterocycles. The van der Waals surface area contributed by atoms with Crippen LogP contribution in [-0.4, -0.2) is 41.1 Å². The first-order valence-corrected chi connectivity index (χ1v) is 10.9. The molecule has 1 amide bonds. The molecule has 0 saturated heterocycles. The Morgan fingerprint density at radius 2 is 1.59 bits per heavy atom. The van der Waals surface area contributed by atoms with E-state index in [9.17, 15) is 21.6 Å². The molecule has 0 radical (unpaired) electrons. The lowest BCUT2D eigenvalue weighted by molar-refractivity contribution is 0.0939. The van der Waals surface area contributed by atoms with E-state index in [-0.39, 0.29) is 15.4 Å². The summed E-state index contributed by atoms with van der Waals surface area (Å²) >= 11 is 0. The highest BCUT2D eigenvalue weighted by atomic mass is 32.2. The summed E-state index contributed by atoms with van der Waals surface area (Å²) in [5.74, 6) is -0.450. The van der Waals surface area contributed by atoms with E-state index < -0.39 is 32.0 Å². The molecule has 0 saturated carbocycles. The second-order valence-corrected chi connectivity index (χ2v) is 9.84. The molecule has 0 spiro atoms. The minimum absolute atomic E-state index is 0.0188. The number of primary sulfonamides is 1. The SMILES string of the molecule is CC(NC(=O)c1cccc(S(=O)(=O)N(C)C)c1)c1ccc(S(N)(=O)=O)cc1. The van der Waals surface area contributed by atoms with Gasteiger partial charge in [-0.15, -0.1) is 0 Å². The van der Waals surface area contributed by atoms with Crippen molar-refractivity contribution in [2.75, 3.05) is 14.1 Å². The van der Waals surface area contributed by atoms with E-state index in [1.165, 1.54) is 50.5 Å². The largest absolute Gasteiger partial charge is 0.346 e. The normalized spacial score (nSPS) is 13.4. The maximum atomic E-state index is 12.5. The van der Waals surface area contributed by atoms with Gasteiger partial charge in [-0.3, -0.25) is 4.79 Å². The molecule has 2 aromatic rings. The van der Waals surface area contributed by atoms with E-state index in [0.29, 0.717) is 5.56 Å². The molecule has 0 aliphatic carbocycles. The molecule has 0 heterocycles. The molecule has 1 unspecified atom stereocenters. The third-order valence-corrected chi connectivity index (χ3v) is 6.67. The van der Waals surface area contributed by atoms with Crippen molar-refractivity contribution in [1.82, 2.24) is 9.62 Å². The molecule has 0 fully saturated rings. The number of nitrogens with zero attached hydrogens (tertiary/aromatic N) is 1. The van der Waals surface area contributed by atoms with Crippen molar-refractivity contribution in [2.24, 2.45) is 5.14 Å². The zero-order valence-electron chi connectivity index (χ0n) is 15.1. The first kappa shape index (κ1) is 21.0. The summed E-state index contributed by atoms with van der Waals surface area (Å²) in [6.45, 7) is 1.73. The summed E-state index contributed by atoms with van der Waals surface area (Å²) in [7, 11) is -4.61. The van der Waals surface area contributed by atoms with Crippen LogP contribution >= 0.6 is 0 Å². The van der Waals surface area contributed by atoms with Crippen LogP contribution in [0.5, 0.6) is 0 Å². The molecule has 0 aliphatic heterocycles. The van der Waals surface area contributed by atoms with Crippen LogP contribution in [0.15, 0.2) is 58.3 Å². The molecule has 2 aromatic carbocycles. The van der Waals surface area contributed by atoms with Gasteiger partial charge in [0.15, 0.2) is 0 Å². The average molecular weight is 412 g/mol. The molecule has 0 aliphatic rings. The number of amides is 1. The number of rotatable bonds is 6. The first-order valence-electron chi connectivity index (χ1n) is 7.89. The van der Waals surface area contributed by atoms with Gasteiger partial charge in [0.25, 0.3) is 5.91 Å². The molecule has 2 rings (SSSR count). The number of nitrogens with one attached hydrogen (secondary N) is 1. The maximum absolute atomic E-state index is 12.5. The summed E-state index contributed by atoms with van der Waals surface area (Å²) in [5, 5.41) is 7.81. The zero-order chi connectivity index (χ0) is 20.4. The van der Waals surface area contributed by atoms with Crippen LogP contribution in [0.1, 0.15) is 28.9 Å². The molecule has 146 valence electrons. The number of sulfonamides is 2. The highest BCUT2D eigenvalue weighted by molar-refractivity contribution is 7.89. The Bertz CT molecular complexity index is 1050. The van der Waals surface area contributed by atoms with E-state index in [1.807, 2.05) is 0 Å². The molecular formula is C17H21N3O5S2. The Morgan fingerprint density at radius 3 is 2.11 bits per heavy atom. The lowest BCUT2D eigenvalue weighted by Crippen LogP contribution is -2.27. The van der Waals surface area contributed by atoms with E-state index in [1.54, 1.807) is 19.1 Å². The number of nitrogens with two attached hydrogens (primary N) is 1. The smallest absolute Gasteiger partial charge is 0.251 e. The minimum Gasteiger partial charge on any atom is -0.346 e. The van der Waals surface area contributed by atoms with Crippen LogP contribution in [0.3, 0.4) is 0 Å². The van der Waals surface area contributed by atoms with Crippen molar-refractivity contribution in [3.05, 3.63) is 59.7 Å². The van der Waals surface area contributed by atoms with Gasteiger partial charge >= 0.3 is 0 Å². The van der Waals surface area contributed by atoms with Crippen LogP contribution in [0, 0.1) is 0 Å². The molecular weight excluding hydrogens is 390 g/mol. The Balaban J connectivity index is 2.20. The number of carbonyl (C=O) groups excluding carboxylic acids is 1. The van der Waals surface area contributed by atoms with Gasteiger partial charge in [-0.05, 0) is 42.8 Å². The predicted octanol–water partition coefficient (Wildman–Crippen LogP) is 1.08. The standard InChI is InChI=1S/C17H21N3O5S2/c1-12(13-7-9-15(10-8-13)26(18,22)23)19-17(21)14-5-4-6-16(11-14)27(24,25)20(2)3/h4-12H,1-3H3,(H,19,21)(H2,18,22,23). The minimum atomic E-state index is -3.79.